The fourth-order valence-electron chi connectivity index (χ4n) is 2.67. The van der Waals surface area contributed by atoms with Gasteiger partial charge in [0.05, 0.1) is 0 Å². The van der Waals surface area contributed by atoms with E-state index in [1.165, 1.54) is 31.8 Å². The lowest BCUT2D eigenvalue weighted by atomic mass is 9.83. The summed E-state index contributed by atoms with van der Waals surface area (Å²) in [4.78, 5) is 0. The Morgan fingerprint density at radius 2 is 1.88 bits per heavy atom. The van der Waals surface area contributed by atoms with Crippen molar-refractivity contribution in [3.05, 3.63) is 12.7 Å². The largest absolute Gasteiger partial charge is 0.113 e. The minimum atomic E-state index is 0.229. The Morgan fingerprint density at radius 3 is 2.25 bits per heavy atom. The van der Waals surface area contributed by atoms with Crippen molar-refractivity contribution in [1.29, 1.82) is 0 Å². The van der Waals surface area contributed by atoms with Crippen LogP contribution in [0.25, 0.3) is 0 Å². The molecule has 0 spiro atoms. The van der Waals surface area contributed by atoms with E-state index < -0.39 is 0 Å². The van der Waals surface area contributed by atoms with E-state index in [1.54, 1.807) is 0 Å². The van der Waals surface area contributed by atoms with Gasteiger partial charge in [-0.05, 0) is 50.1 Å². The highest BCUT2D eigenvalue weighted by molar-refractivity contribution is 7.55. The third-order valence-electron chi connectivity index (χ3n) is 3.47. The molecule has 0 heterocycles. The average Bonchev–Trinajstić information content (AvgIpc) is 2.18. The Hall–Kier alpha value is 0.170. The molecule has 0 bridgehead atoms. The average molecular weight is 242 g/mol. The summed E-state index contributed by atoms with van der Waals surface area (Å²) in [6, 6.07) is 0. The van der Waals surface area contributed by atoms with Gasteiger partial charge in [0, 0.05) is 0 Å². The molecule has 3 unspecified atom stereocenters. The second kappa shape index (κ2) is 9.23. The molecule has 96 valence electrons. The zero-order valence-electron chi connectivity index (χ0n) is 12.0. The van der Waals surface area contributed by atoms with Crippen LogP contribution in [0.3, 0.4) is 0 Å². The van der Waals surface area contributed by atoms with Crippen molar-refractivity contribution < 1.29 is 0 Å². The first-order valence-electron chi connectivity index (χ1n) is 6.82. The van der Waals surface area contributed by atoms with Gasteiger partial charge in [-0.15, -0.1) is 14.5 Å². The molecule has 3 atom stereocenters. The van der Waals surface area contributed by atoms with Crippen LogP contribution in [0.5, 0.6) is 0 Å². The van der Waals surface area contributed by atoms with Gasteiger partial charge in [-0.1, -0.05) is 39.7 Å². The molecule has 0 aromatic heterocycles. The fourth-order valence-corrected chi connectivity index (χ4v) is 4.03. The number of hydrogen-bond acceptors (Lipinski definition) is 0. The van der Waals surface area contributed by atoms with Crippen LogP contribution in [0.2, 0.25) is 0 Å². The summed E-state index contributed by atoms with van der Waals surface area (Å²) >= 11 is 0. The van der Waals surface area contributed by atoms with Crippen molar-refractivity contribution in [3.8, 4) is 0 Å². The first-order valence-corrected chi connectivity index (χ1v) is 9.24. The van der Waals surface area contributed by atoms with Crippen LogP contribution in [0, 0.1) is 17.8 Å². The SMILES string of the molecule is C=CC(CC)C(CC(C)CCC)CP(C)C. The van der Waals surface area contributed by atoms with E-state index in [2.05, 4.69) is 46.8 Å². The van der Waals surface area contributed by atoms with Gasteiger partial charge in [0.15, 0.2) is 0 Å². The maximum absolute atomic E-state index is 4.02. The van der Waals surface area contributed by atoms with E-state index in [1.807, 2.05) is 0 Å². The molecule has 0 fully saturated rings. The summed E-state index contributed by atoms with van der Waals surface area (Å²) < 4.78 is 0. The molecule has 0 aliphatic heterocycles. The van der Waals surface area contributed by atoms with E-state index in [9.17, 15) is 0 Å². The zero-order valence-corrected chi connectivity index (χ0v) is 12.9. The van der Waals surface area contributed by atoms with Gasteiger partial charge < -0.3 is 0 Å². The molecule has 0 aliphatic carbocycles. The van der Waals surface area contributed by atoms with Crippen LogP contribution >= 0.6 is 7.92 Å². The normalized spacial score (nSPS) is 17.1. The van der Waals surface area contributed by atoms with E-state index in [0.29, 0.717) is 0 Å². The Balaban J connectivity index is 4.34. The van der Waals surface area contributed by atoms with Gasteiger partial charge >= 0.3 is 0 Å². The molecule has 16 heavy (non-hydrogen) atoms. The molecule has 1 heteroatoms. The second-order valence-corrected chi connectivity index (χ2v) is 7.98. The Labute approximate surface area is 105 Å². The van der Waals surface area contributed by atoms with Crippen molar-refractivity contribution >= 4 is 7.92 Å². The van der Waals surface area contributed by atoms with Crippen LogP contribution in [0.4, 0.5) is 0 Å². The molecular formula is C15H31P. The first kappa shape index (κ1) is 16.2. The molecule has 0 aromatic carbocycles. The Bertz CT molecular complexity index is 174. The molecular weight excluding hydrogens is 211 g/mol. The van der Waals surface area contributed by atoms with Crippen molar-refractivity contribution in [2.24, 2.45) is 17.8 Å². The van der Waals surface area contributed by atoms with E-state index in [4.69, 9.17) is 0 Å². The third kappa shape index (κ3) is 6.69. The van der Waals surface area contributed by atoms with Gasteiger partial charge in [0.1, 0.15) is 0 Å². The molecule has 0 aliphatic rings. The van der Waals surface area contributed by atoms with Gasteiger partial charge in [0.2, 0.25) is 0 Å². The molecule has 0 aromatic rings. The van der Waals surface area contributed by atoms with Gasteiger partial charge in [-0.25, -0.2) is 0 Å². The Kier molecular flexibility index (Phi) is 9.32. The molecule has 0 saturated heterocycles. The van der Waals surface area contributed by atoms with Crippen molar-refractivity contribution in [1.82, 2.24) is 0 Å². The number of allylic oxidation sites excluding steroid dienone is 1. The predicted octanol–water partition coefficient (Wildman–Crippen LogP) is 5.38. The molecule has 0 nitrogen and oxygen atoms in total. The maximum atomic E-state index is 4.02. The van der Waals surface area contributed by atoms with Crippen molar-refractivity contribution in [3.63, 3.8) is 0 Å². The molecule has 0 rings (SSSR count). The quantitative estimate of drug-likeness (QED) is 0.376. The second-order valence-electron chi connectivity index (χ2n) is 5.46. The number of rotatable bonds is 9. The van der Waals surface area contributed by atoms with Gasteiger partial charge in [0.25, 0.3) is 0 Å². The highest BCUT2D eigenvalue weighted by Gasteiger charge is 2.20. The van der Waals surface area contributed by atoms with Crippen LogP contribution in [0.1, 0.15) is 46.5 Å². The summed E-state index contributed by atoms with van der Waals surface area (Å²) in [5.41, 5.74) is 0. The first-order chi connectivity index (χ1) is 7.54. The minimum absolute atomic E-state index is 0.229. The van der Waals surface area contributed by atoms with Gasteiger partial charge in [-0.2, -0.15) is 0 Å². The summed E-state index contributed by atoms with van der Waals surface area (Å²) in [6.45, 7) is 15.8. The van der Waals surface area contributed by atoms with Crippen molar-refractivity contribution in [2.45, 2.75) is 46.5 Å². The van der Waals surface area contributed by atoms with E-state index in [-0.39, 0.29) is 7.92 Å². The number of hydrogen-bond donors (Lipinski definition) is 0. The zero-order chi connectivity index (χ0) is 12.6. The van der Waals surface area contributed by atoms with E-state index >= 15 is 0 Å². The Morgan fingerprint density at radius 1 is 1.25 bits per heavy atom. The molecule has 0 saturated carbocycles. The lowest BCUT2D eigenvalue weighted by Gasteiger charge is -2.28. The third-order valence-corrected chi connectivity index (χ3v) is 4.67. The van der Waals surface area contributed by atoms with Crippen LogP contribution in [0.15, 0.2) is 12.7 Å². The molecule has 0 radical (unpaired) electrons. The smallest absolute Gasteiger partial charge is 0.0207 e. The summed E-state index contributed by atoms with van der Waals surface area (Å²) in [5.74, 6) is 2.51. The summed E-state index contributed by atoms with van der Waals surface area (Å²) in [6.07, 6.45) is 8.99. The van der Waals surface area contributed by atoms with Crippen LogP contribution < -0.4 is 0 Å². The highest BCUT2D eigenvalue weighted by atomic mass is 31.1. The topological polar surface area (TPSA) is 0 Å². The minimum Gasteiger partial charge on any atom is -0.113 e. The lowest BCUT2D eigenvalue weighted by Crippen LogP contribution is -2.18. The van der Waals surface area contributed by atoms with Crippen LogP contribution in [-0.2, 0) is 0 Å². The monoisotopic (exact) mass is 242 g/mol. The van der Waals surface area contributed by atoms with E-state index in [0.717, 1.165) is 17.8 Å². The van der Waals surface area contributed by atoms with Crippen molar-refractivity contribution in [2.75, 3.05) is 19.5 Å². The molecule has 0 N–H and O–H groups in total. The lowest BCUT2D eigenvalue weighted by molar-refractivity contribution is 0.325. The van der Waals surface area contributed by atoms with Gasteiger partial charge in [-0.3, -0.25) is 0 Å². The molecule has 0 amide bonds. The maximum Gasteiger partial charge on any atom is -0.0207 e. The summed E-state index contributed by atoms with van der Waals surface area (Å²) in [5, 5.41) is 0. The van der Waals surface area contributed by atoms with Crippen LogP contribution in [-0.4, -0.2) is 19.5 Å². The standard InChI is InChI=1S/C15H31P/c1-7-10-13(4)11-15(12-16(5)6)14(8-2)9-3/h8,13-15H,2,7,9-12H2,1,3-6H3. The summed E-state index contributed by atoms with van der Waals surface area (Å²) in [7, 11) is 0.229. The predicted molar refractivity (Wildman–Crippen MR) is 79.8 cm³/mol. The highest BCUT2D eigenvalue weighted by Crippen LogP contribution is 2.36. The fraction of sp³-hybridized carbons (Fsp3) is 0.867.